The van der Waals surface area contributed by atoms with Gasteiger partial charge in [0.05, 0.1) is 0 Å². The Hall–Kier alpha value is -1.34. The smallest absolute Gasteiger partial charge is 0.0424 e. The van der Waals surface area contributed by atoms with Gasteiger partial charge in [0.25, 0.3) is 0 Å². The van der Waals surface area contributed by atoms with E-state index in [-0.39, 0.29) is 5.41 Å². The van der Waals surface area contributed by atoms with E-state index in [0.29, 0.717) is 0 Å². The summed E-state index contributed by atoms with van der Waals surface area (Å²) in [6, 6.07) is 15.4. The average Bonchev–Trinajstić information content (AvgIpc) is 2.72. The Morgan fingerprint density at radius 1 is 0.882 bits per heavy atom. The van der Waals surface area contributed by atoms with E-state index in [1.807, 2.05) is 11.3 Å². The molecule has 0 aliphatic heterocycles. The van der Waals surface area contributed by atoms with Gasteiger partial charge >= 0.3 is 0 Å². The van der Waals surface area contributed by atoms with Crippen LogP contribution < -0.4 is 0 Å². The minimum absolute atomic E-state index is 0.241. The fourth-order valence-electron chi connectivity index (χ4n) is 2.14. The van der Waals surface area contributed by atoms with E-state index in [2.05, 4.69) is 63.2 Å². The molecule has 0 saturated heterocycles. The van der Waals surface area contributed by atoms with Crippen LogP contribution in [0.2, 0.25) is 0 Å². The van der Waals surface area contributed by atoms with Gasteiger partial charge in [-0.1, -0.05) is 57.2 Å². The Morgan fingerprint density at radius 2 is 1.59 bits per heavy atom. The van der Waals surface area contributed by atoms with Crippen molar-refractivity contribution in [3.63, 3.8) is 0 Å². The minimum Gasteiger partial charge on any atom is -0.139 e. The minimum atomic E-state index is 0.241. The summed E-state index contributed by atoms with van der Waals surface area (Å²) in [5.41, 5.74) is 0.241. The van der Waals surface area contributed by atoms with Crippen molar-refractivity contribution < 1.29 is 0 Å². The Balaban J connectivity index is 2.39. The van der Waals surface area contributed by atoms with Gasteiger partial charge in [0.2, 0.25) is 0 Å². The van der Waals surface area contributed by atoms with Gasteiger partial charge in [-0.05, 0) is 27.6 Å². The first-order chi connectivity index (χ1) is 8.05. The van der Waals surface area contributed by atoms with Crippen molar-refractivity contribution >= 4 is 32.2 Å². The summed E-state index contributed by atoms with van der Waals surface area (Å²) in [4.78, 5) is 1.46. The largest absolute Gasteiger partial charge is 0.139 e. The Labute approximate surface area is 106 Å². The first-order valence-electron chi connectivity index (χ1n) is 5.97. The molecule has 0 aliphatic carbocycles. The number of fused-ring (bicyclic) bond motifs is 3. The molecule has 2 aromatic carbocycles. The van der Waals surface area contributed by atoms with Crippen LogP contribution in [-0.2, 0) is 5.41 Å². The van der Waals surface area contributed by atoms with Crippen molar-refractivity contribution in [1.29, 1.82) is 0 Å². The molecule has 0 atom stereocenters. The summed E-state index contributed by atoms with van der Waals surface area (Å²) < 4.78 is 1.42. The van der Waals surface area contributed by atoms with Crippen LogP contribution in [0.3, 0.4) is 0 Å². The Morgan fingerprint density at radius 3 is 2.35 bits per heavy atom. The lowest BCUT2D eigenvalue weighted by Gasteiger charge is -2.14. The summed E-state index contributed by atoms with van der Waals surface area (Å²) in [6.45, 7) is 6.83. The molecule has 1 heteroatoms. The SMILES string of the molecule is CC(C)(C)c1cc2ccc3ccccc3c2s1. The molecule has 0 aliphatic rings. The normalized spacial score (nSPS) is 12.4. The topological polar surface area (TPSA) is 0 Å². The van der Waals surface area contributed by atoms with Crippen molar-refractivity contribution in [3.8, 4) is 0 Å². The molecule has 1 aromatic heterocycles. The molecule has 0 N–H and O–H groups in total. The van der Waals surface area contributed by atoms with E-state index in [9.17, 15) is 0 Å². The van der Waals surface area contributed by atoms with Crippen LogP contribution >= 0.6 is 11.3 Å². The maximum atomic E-state index is 2.34. The van der Waals surface area contributed by atoms with Gasteiger partial charge in [-0.2, -0.15) is 0 Å². The van der Waals surface area contributed by atoms with Gasteiger partial charge in [0.15, 0.2) is 0 Å². The van der Waals surface area contributed by atoms with Gasteiger partial charge in [0.1, 0.15) is 0 Å². The second kappa shape index (κ2) is 3.58. The van der Waals surface area contributed by atoms with E-state index < -0.39 is 0 Å². The summed E-state index contributed by atoms with van der Waals surface area (Å²) in [7, 11) is 0. The third kappa shape index (κ3) is 1.75. The number of hydrogen-bond donors (Lipinski definition) is 0. The van der Waals surface area contributed by atoms with Crippen LogP contribution in [0, 0.1) is 0 Å². The van der Waals surface area contributed by atoms with E-state index in [0.717, 1.165) is 0 Å². The molecule has 0 unspecified atom stereocenters. The standard InChI is InChI=1S/C16H16S/c1-16(2,3)14-10-12-9-8-11-6-4-5-7-13(11)15(12)17-14/h4-10H,1-3H3. The molecular weight excluding hydrogens is 224 g/mol. The summed E-state index contributed by atoms with van der Waals surface area (Å²) in [5, 5.41) is 4.09. The fraction of sp³-hybridized carbons (Fsp3) is 0.250. The van der Waals surface area contributed by atoms with E-state index in [4.69, 9.17) is 0 Å². The molecule has 0 bridgehead atoms. The van der Waals surface area contributed by atoms with Crippen molar-refractivity contribution in [2.45, 2.75) is 26.2 Å². The molecule has 3 rings (SSSR count). The maximum Gasteiger partial charge on any atom is 0.0424 e. The quantitative estimate of drug-likeness (QED) is 0.496. The van der Waals surface area contributed by atoms with E-state index >= 15 is 0 Å². The van der Waals surface area contributed by atoms with Gasteiger partial charge in [-0.15, -0.1) is 11.3 Å². The molecule has 0 saturated carbocycles. The summed E-state index contributed by atoms with van der Waals surface area (Å²) >= 11 is 1.93. The molecule has 0 nitrogen and oxygen atoms in total. The molecule has 0 spiro atoms. The zero-order valence-corrected chi connectivity index (χ0v) is 11.3. The van der Waals surface area contributed by atoms with E-state index in [1.54, 1.807) is 0 Å². The van der Waals surface area contributed by atoms with Crippen LogP contribution in [0.15, 0.2) is 42.5 Å². The highest BCUT2D eigenvalue weighted by molar-refractivity contribution is 7.20. The second-order valence-corrected chi connectivity index (χ2v) is 6.62. The number of thiophene rings is 1. The molecule has 0 radical (unpaired) electrons. The zero-order chi connectivity index (χ0) is 12.0. The van der Waals surface area contributed by atoms with Gasteiger partial charge in [-0.3, -0.25) is 0 Å². The zero-order valence-electron chi connectivity index (χ0n) is 10.4. The molecule has 0 fully saturated rings. The van der Waals surface area contributed by atoms with Gasteiger partial charge in [-0.25, -0.2) is 0 Å². The average molecular weight is 240 g/mol. The Kier molecular flexibility index (Phi) is 2.27. The first-order valence-corrected chi connectivity index (χ1v) is 6.79. The van der Waals surface area contributed by atoms with Crippen LogP contribution in [0.4, 0.5) is 0 Å². The molecular formula is C16H16S. The molecule has 3 aromatic rings. The van der Waals surface area contributed by atoms with Crippen LogP contribution in [0.1, 0.15) is 25.6 Å². The maximum absolute atomic E-state index is 2.34. The number of hydrogen-bond acceptors (Lipinski definition) is 1. The summed E-state index contributed by atoms with van der Waals surface area (Å²) in [6.07, 6.45) is 0. The van der Waals surface area contributed by atoms with Crippen LogP contribution in [-0.4, -0.2) is 0 Å². The number of rotatable bonds is 0. The molecule has 1 heterocycles. The highest BCUT2D eigenvalue weighted by Crippen LogP contribution is 2.37. The predicted octanol–water partition coefficient (Wildman–Crippen LogP) is 5.35. The van der Waals surface area contributed by atoms with Crippen LogP contribution in [0.25, 0.3) is 20.9 Å². The fourth-order valence-corrected chi connectivity index (χ4v) is 3.39. The third-order valence-corrected chi connectivity index (χ3v) is 4.76. The number of benzene rings is 2. The van der Waals surface area contributed by atoms with Crippen molar-refractivity contribution in [1.82, 2.24) is 0 Å². The Bertz CT molecular complexity index is 683. The molecule has 0 amide bonds. The highest BCUT2D eigenvalue weighted by Gasteiger charge is 2.17. The first kappa shape index (κ1) is 10.8. The highest BCUT2D eigenvalue weighted by atomic mass is 32.1. The lowest BCUT2D eigenvalue weighted by atomic mass is 9.94. The molecule has 86 valence electrons. The van der Waals surface area contributed by atoms with Crippen LogP contribution in [0.5, 0.6) is 0 Å². The van der Waals surface area contributed by atoms with Crippen molar-refractivity contribution in [2.75, 3.05) is 0 Å². The van der Waals surface area contributed by atoms with Crippen molar-refractivity contribution in [3.05, 3.63) is 47.3 Å². The van der Waals surface area contributed by atoms with Gasteiger partial charge < -0.3 is 0 Å². The third-order valence-electron chi connectivity index (χ3n) is 3.15. The monoisotopic (exact) mass is 240 g/mol. The second-order valence-electron chi connectivity index (χ2n) is 5.57. The lowest BCUT2D eigenvalue weighted by molar-refractivity contribution is 0.604. The van der Waals surface area contributed by atoms with Gasteiger partial charge in [0, 0.05) is 9.58 Å². The van der Waals surface area contributed by atoms with E-state index in [1.165, 1.54) is 25.7 Å². The predicted molar refractivity (Wildman–Crippen MR) is 78.0 cm³/mol. The van der Waals surface area contributed by atoms with Crippen molar-refractivity contribution in [2.24, 2.45) is 0 Å². The lowest BCUT2D eigenvalue weighted by Crippen LogP contribution is -2.07. The summed E-state index contributed by atoms with van der Waals surface area (Å²) in [5.74, 6) is 0. The molecule has 17 heavy (non-hydrogen) atoms.